The highest BCUT2D eigenvalue weighted by molar-refractivity contribution is 5.94. The molecule has 2 amide bonds. The van der Waals surface area contributed by atoms with E-state index in [1.54, 1.807) is 12.1 Å². The third-order valence-electron chi connectivity index (χ3n) is 6.70. The van der Waals surface area contributed by atoms with Gasteiger partial charge in [-0.05, 0) is 49.8 Å². The molecule has 2 saturated heterocycles. The highest BCUT2D eigenvalue weighted by Gasteiger charge is 2.49. The Hall–Kier alpha value is -2.12. The Kier molecular flexibility index (Phi) is 5.65. The molecule has 0 radical (unpaired) electrons. The molecule has 2 aliphatic carbocycles. The van der Waals surface area contributed by atoms with Crippen LogP contribution in [0, 0.1) is 11.8 Å². The summed E-state index contributed by atoms with van der Waals surface area (Å²) < 4.78 is 17.7. The van der Waals surface area contributed by atoms with Gasteiger partial charge in [-0.3, -0.25) is 9.59 Å². The first-order valence-corrected chi connectivity index (χ1v) is 11.2. The molecule has 30 heavy (non-hydrogen) atoms. The topological polar surface area (TPSA) is 85.9 Å². The monoisotopic (exact) mass is 414 g/mol. The highest BCUT2D eigenvalue weighted by Crippen LogP contribution is 2.32. The van der Waals surface area contributed by atoms with E-state index in [-0.39, 0.29) is 42.0 Å². The Balaban J connectivity index is 1.15. The SMILES string of the molecule is O=C(NC1COC2C(NC(=O)C3CC3)COC12)c1cccc(OCC2CCCC2)c1. The molecule has 162 valence electrons. The molecule has 5 rings (SSSR count). The lowest BCUT2D eigenvalue weighted by molar-refractivity contribution is -0.123. The van der Waals surface area contributed by atoms with E-state index in [2.05, 4.69) is 10.6 Å². The lowest BCUT2D eigenvalue weighted by atomic mass is 10.1. The molecule has 4 aliphatic rings. The maximum atomic E-state index is 12.8. The van der Waals surface area contributed by atoms with Crippen LogP contribution in [-0.2, 0) is 14.3 Å². The zero-order valence-corrected chi connectivity index (χ0v) is 17.2. The predicted molar refractivity (Wildman–Crippen MR) is 109 cm³/mol. The summed E-state index contributed by atoms with van der Waals surface area (Å²) in [5, 5.41) is 6.09. The average molecular weight is 415 g/mol. The zero-order chi connectivity index (χ0) is 20.5. The van der Waals surface area contributed by atoms with Gasteiger partial charge in [-0.25, -0.2) is 0 Å². The number of hydrogen-bond acceptors (Lipinski definition) is 5. The number of hydrogen-bond donors (Lipinski definition) is 2. The third-order valence-corrected chi connectivity index (χ3v) is 6.70. The van der Waals surface area contributed by atoms with Gasteiger partial charge in [-0.15, -0.1) is 0 Å². The Morgan fingerprint density at radius 2 is 1.67 bits per heavy atom. The minimum absolute atomic E-state index is 0.0924. The van der Waals surface area contributed by atoms with Crippen molar-refractivity contribution in [3.05, 3.63) is 29.8 Å². The molecule has 4 atom stereocenters. The Bertz CT molecular complexity index is 790. The third kappa shape index (κ3) is 4.32. The van der Waals surface area contributed by atoms with Crippen LogP contribution in [-0.4, -0.2) is 55.9 Å². The van der Waals surface area contributed by atoms with Crippen LogP contribution in [0.2, 0.25) is 0 Å². The van der Waals surface area contributed by atoms with E-state index in [0.717, 1.165) is 18.6 Å². The van der Waals surface area contributed by atoms with Crippen molar-refractivity contribution in [2.45, 2.75) is 62.8 Å². The first-order valence-electron chi connectivity index (χ1n) is 11.2. The second-order valence-corrected chi connectivity index (χ2v) is 9.05. The van der Waals surface area contributed by atoms with Crippen molar-refractivity contribution in [2.24, 2.45) is 11.8 Å². The summed E-state index contributed by atoms with van der Waals surface area (Å²) in [6.07, 6.45) is 6.52. The first kappa shape index (κ1) is 19.8. The normalized spacial score (nSPS) is 30.8. The summed E-state index contributed by atoms with van der Waals surface area (Å²) in [7, 11) is 0. The van der Waals surface area contributed by atoms with Crippen molar-refractivity contribution in [1.82, 2.24) is 10.6 Å². The van der Waals surface area contributed by atoms with Gasteiger partial charge in [0.2, 0.25) is 5.91 Å². The summed E-state index contributed by atoms with van der Waals surface area (Å²) in [6.45, 7) is 1.52. The number of benzene rings is 1. The van der Waals surface area contributed by atoms with E-state index >= 15 is 0 Å². The second-order valence-electron chi connectivity index (χ2n) is 9.05. The van der Waals surface area contributed by atoms with Crippen molar-refractivity contribution < 1.29 is 23.8 Å². The molecule has 2 aliphatic heterocycles. The molecule has 4 unspecified atom stereocenters. The van der Waals surface area contributed by atoms with Crippen LogP contribution in [0.25, 0.3) is 0 Å². The standard InChI is InChI=1S/C23H30N2O5/c26-22(15-8-9-15)24-18-12-29-21-19(13-30-20(18)21)25-23(27)16-6-3-7-17(10-16)28-11-14-4-1-2-5-14/h3,6-7,10,14-15,18-21H,1-2,4-5,8-9,11-13H2,(H,24,26)(H,25,27). The van der Waals surface area contributed by atoms with Crippen LogP contribution in [0.4, 0.5) is 0 Å². The molecule has 7 heteroatoms. The van der Waals surface area contributed by atoms with Gasteiger partial charge < -0.3 is 24.8 Å². The molecule has 1 aromatic rings. The largest absolute Gasteiger partial charge is 0.493 e. The fraction of sp³-hybridized carbons (Fsp3) is 0.652. The molecule has 2 N–H and O–H groups in total. The summed E-state index contributed by atoms with van der Waals surface area (Å²) in [5.41, 5.74) is 0.568. The molecule has 0 aromatic heterocycles. The van der Waals surface area contributed by atoms with Crippen LogP contribution in [0.1, 0.15) is 48.9 Å². The van der Waals surface area contributed by atoms with Crippen molar-refractivity contribution in [3.8, 4) is 5.75 Å². The van der Waals surface area contributed by atoms with Crippen LogP contribution in [0.15, 0.2) is 24.3 Å². The molecular weight excluding hydrogens is 384 g/mol. The number of rotatable bonds is 7. The maximum Gasteiger partial charge on any atom is 0.251 e. The van der Waals surface area contributed by atoms with Gasteiger partial charge in [-0.2, -0.15) is 0 Å². The molecular formula is C23H30N2O5. The summed E-state index contributed by atoms with van der Waals surface area (Å²) >= 11 is 0. The molecule has 2 saturated carbocycles. The fourth-order valence-electron chi connectivity index (χ4n) is 4.76. The molecule has 7 nitrogen and oxygen atoms in total. The van der Waals surface area contributed by atoms with Crippen molar-refractivity contribution in [3.63, 3.8) is 0 Å². The van der Waals surface area contributed by atoms with E-state index < -0.39 is 0 Å². The van der Waals surface area contributed by atoms with Gasteiger partial charge in [0.25, 0.3) is 5.91 Å². The van der Waals surface area contributed by atoms with E-state index in [1.165, 1.54) is 25.7 Å². The van der Waals surface area contributed by atoms with E-state index in [4.69, 9.17) is 14.2 Å². The van der Waals surface area contributed by atoms with E-state index in [0.29, 0.717) is 31.3 Å². The molecule has 4 fully saturated rings. The summed E-state index contributed by atoms with van der Waals surface area (Å²) in [6, 6.07) is 6.96. The van der Waals surface area contributed by atoms with E-state index in [9.17, 15) is 9.59 Å². The van der Waals surface area contributed by atoms with Crippen molar-refractivity contribution >= 4 is 11.8 Å². The van der Waals surface area contributed by atoms with Crippen molar-refractivity contribution in [1.29, 1.82) is 0 Å². The van der Waals surface area contributed by atoms with Gasteiger partial charge in [-0.1, -0.05) is 18.9 Å². The van der Waals surface area contributed by atoms with Crippen LogP contribution in [0.3, 0.4) is 0 Å². The molecule has 2 heterocycles. The minimum atomic E-state index is -0.236. The number of nitrogens with one attached hydrogen (secondary N) is 2. The van der Waals surface area contributed by atoms with E-state index in [1.807, 2.05) is 12.1 Å². The molecule has 0 bridgehead atoms. The summed E-state index contributed by atoms with van der Waals surface area (Å²) in [5.74, 6) is 1.45. The maximum absolute atomic E-state index is 12.8. The molecule has 1 aromatic carbocycles. The van der Waals surface area contributed by atoms with Gasteiger partial charge in [0.1, 0.15) is 18.0 Å². The van der Waals surface area contributed by atoms with Crippen LogP contribution < -0.4 is 15.4 Å². The summed E-state index contributed by atoms with van der Waals surface area (Å²) in [4.78, 5) is 24.9. The fourth-order valence-corrected chi connectivity index (χ4v) is 4.76. The van der Waals surface area contributed by atoms with Crippen LogP contribution in [0.5, 0.6) is 5.75 Å². The second kappa shape index (κ2) is 8.55. The molecule has 0 spiro atoms. The first-order chi connectivity index (χ1) is 14.7. The van der Waals surface area contributed by atoms with Gasteiger partial charge in [0.05, 0.1) is 31.9 Å². The minimum Gasteiger partial charge on any atom is -0.493 e. The Labute approximate surface area is 176 Å². The predicted octanol–water partition coefficient (Wildman–Crippen LogP) is 2.05. The lowest BCUT2D eigenvalue weighted by Crippen LogP contribution is -2.47. The smallest absolute Gasteiger partial charge is 0.251 e. The number of carbonyl (C=O) groups excluding carboxylic acids is 2. The van der Waals surface area contributed by atoms with Gasteiger partial charge >= 0.3 is 0 Å². The highest BCUT2D eigenvalue weighted by atomic mass is 16.6. The number of carbonyl (C=O) groups is 2. The zero-order valence-electron chi connectivity index (χ0n) is 17.2. The van der Waals surface area contributed by atoms with Crippen molar-refractivity contribution in [2.75, 3.05) is 19.8 Å². The number of amides is 2. The Morgan fingerprint density at radius 1 is 0.967 bits per heavy atom. The number of ether oxygens (including phenoxy) is 3. The lowest BCUT2D eigenvalue weighted by Gasteiger charge is -2.18. The van der Waals surface area contributed by atoms with Gasteiger partial charge in [0.15, 0.2) is 0 Å². The quantitative estimate of drug-likeness (QED) is 0.713. The average Bonchev–Trinajstić information content (AvgIpc) is 3.15. The Morgan fingerprint density at radius 3 is 2.37 bits per heavy atom. The number of fused-ring (bicyclic) bond motifs is 1. The van der Waals surface area contributed by atoms with Crippen LogP contribution >= 0.6 is 0 Å². The van der Waals surface area contributed by atoms with Gasteiger partial charge in [0, 0.05) is 11.5 Å².